The van der Waals surface area contributed by atoms with E-state index in [9.17, 15) is 15.0 Å². The highest BCUT2D eigenvalue weighted by molar-refractivity contribution is 6.41. The van der Waals surface area contributed by atoms with Gasteiger partial charge in [0.15, 0.2) is 0 Å². The second kappa shape index (κ2) is 7.61. The van der Waals surface area contributed by atoms with E-state index in [0.717, 1.165) is 32.6 Å². The number of carboxylic acids is 1. The molecular formula is C16H23BN2O6. The lowest BCUT2D eigenvalue weighted by atomic mass is 9.82. The average Bonchev–Trinajstić information content (AvgIpc) is 3.02. The van der Waals surface area contributed by atoms with Crippen molar-refractivity contribution in [3.8, 4) is 11.5 Å². The van der Waals surface area contributed by atoms with E-state index in [-0.39, 0.29) is 35.9 Å². The van der Waals surface area contributed by atoms with Gasteiger partial charge in [-0.3, -0.25) is 4.90 Å². The third-order valence-electron chi connectivity index (χ3n) is 4.83. The first kappa shape index (κ1) is 18.0. The molecule has 0 aromatic heterocycles. The number of nitrogens with zero attached hydrogens (tertiary/aromatic N) is 1. The number of carbonyl (C=O) groups is 1. The Hall–Kier alpha value is -1.81. The van der Waals surface area contributed by atoms with Gasteiger partial charge < -0.3 is 30.3 Å². The number of benzene rings is 1. The molecule has 0 radical (unpaired) electrons. The third-order valence-corrected chi connectivity index (χ3v) is 4.83. The van der Waals surface area contributed by atoms with Crippen molar-refractivity contribution in [2.45, 2.75) is 31.3 Å². The number of nitrogens with one attached hydrogen (secondary N) is 1. The number of hydrogen-bond acceptors (Lipinski definition) is 7. The van der Waals surface area contributed by atoms with Crippen LogP contribution in [0.2, 0.25) is 6.32 Å². The summed E-state index contributed by atoms with van der Waals surface area (Å²) in [7, 11) is -1.50. The zero-order valence-corrected chi connectivity index (χ0v) is 13.9. The molecule has 2 fully saturated rings. The number of aromatic carboxylic acids is 1. The van der Waals surface area contributed by atoms with Crippen LogP contribution < -0.4 is 10.1 Å². The van der Waals surface area contributed by atoms with Crippen LogP contribution in [0.3, 0.4) is 0 Å². The van der Waals surface area contributed by atoms with E-state index in [1.807, 2.05) is 0 Å². The van der Waals surface area contributed by atoms with Crippen LogP contribution in [0.5, 0.6) is 11.5 Å². The normalized spacial score (nSPS) is 21.1. The van der Waals surface area contributed by atoms with Gasteiger partial charge in [-0.1, -0.05) is 6.07 Å². The van der Waals surface area contributed by atoms with Crippen LogP contribution in [0, 0.1) is 0 Å². The molecule has 0 saturated carbocycles. The summed E-state index contributed by atoms with van der Waals surface area (Å²) in [4.78, 5) is 13.8. The molecule has 3 rings (SSSR count). The molecule has 0 unspecified atom stereocenters. The molecule has 9 heteroatoms. The summed E-state index contributed by atoms with van der Waals surface area (Å²) in [5.74, 6) is -1.50. The Morgan fingerprint density at radius 3 is 2.72 bits per heavy atom. The van der Waals surface area contributed by atoms with Gasteiger partial charge in [-0.2, -0.15) is 0 Å². The predicted molar refractivity (Wildman–Crippen MR) is 91.0 cm³/mol. The molecule has 136 valence electrons. The summed E-state index contributed by atoms with van der Waals surface area (Å²) < 4.78 is 5.79. The minimum Gasteiger partial charge on any atom is -0.507 e. The number of aryl methyl sites for hydroxylation is 1. The highest BCUT2D eigenvalue weighted by Crippen LogP contribution is 2.34. The molecule has 5 N–H and O–H groups in total. The topological polar surface area (TPSA) is 122 Å². The van der Waals surface area contributed by atoms with Gasteiger partial charge in [0, 0.05) is 25.7 Å². The van der Waals surface area contributed by atoms with Crippen molar-refractivity contribution >= 4 is 13.1 Å². The minimum atomic E-state index is -1.50. The summed E-state index contributed by atoms with van der Waals surface area (Å²) in [5.41, 5.74) is 0.0797. The van der Waals surface area contributed by atoms with Gasteiger partial charge in [0.1, 0.15) is 23.2 Å². The SMILES string of the molecule is O=C(O)c1c(OC2CN([C@@H]3CCNC3)C2)ccc(CCB(O)O)c1O. The Morgan fingerprint density at radius 2 is 2.12 bits per heavy atom. The number of likely N-dealkylation sites (tertiary alicyclic amines) is 1. The molecule has 0 aliphatic carbocycles. The molecule has 2 saturated heterocycles. The fourth-order valence-electron chi connectivity index (χ4n) is 3.38. The molecule has 0 spiro atoms. The van der Waals surface area contributed by atoms with Gasteiger partial charge in [-0.25, -0.2) is 4.79 Å². The Bertz CT molecular complexity index is 629. The van der Waals surface area contributed by atoms with Crippen LogP contribution in [0.1, 0.15) is 22.3 Å². The maximum absolute atomic E-state index is 11.5. The van der Waals surface area contributed by atoms with Crippen LogP contribution >= 0.6 is 0 Å². The highest BCUT2D eigenvalue weighted by Gasteiger charge is 2.36. The van der Waals surface area contributed by atoms with Gasteiger partial charge in [0.2, 0.25) is 0 Å². The average molecular weight is 350 g/mol. The lowest BCUT2D eigenvalue weighted by molar-refractivity contribution is -0.00477. The molecule has 2 aliphatic rings. The first-order valence-electron chi connectivity index (χ1n) is 8.51. The van der Waals surface area contributed by atoms with Gasteiger partial charge in [0.25, 0.3) is 0 Å². The van der Waals surface area contributed by atoms with Crippen molar-refractivity contribution in [3.05, 3.63) is 23.3 Å². The van der Waals surface area contributed by atoms with Crippen molar-refractivity contribution in [1.82, 2.24) is 10.2 Å². The summed E-state index contributed by atoms with van der Waals surface area (Å²) >= 11 is 0. The van der Waals surface area contributed by atoms with E-state index in [1.54, 1.807) is 6.07 Å². The van der Waals surface area contributed by atoms with E-state index >= 15 is 0 Å². The lowest BCUT2D eigenvalue weighted by Crippen LogP contribution is -2.58. The monoisotopic (exact) mass is 350 g/mol. The van der Waals surface area contributed by atoms with E-state index in [2.05, 4.69) is 10.2 Å². The quantitative estimate of drug-likeness (QED) is 0.419. The maximum Gasteiger partial charge on any atom is 0.451 e. The molecule has 25 heavy (non-hydrogen) atoms. The number of aromatic hydroxyl groups is 1. The second-order valence-corrected chi connectivity index (χ2v) is 6.61. The maximum atomic E-state index is 11.5. The van der Waals surface area contributed by atoms with E-state index in [4.69, 9.17) is 14.8 Å². The lowest BCUT2D eigenvalue weighted by Gasteiger charge is -2.42. The van der Waals surface area contributed by atoms with Gasteiger partial charge in [0.05, 0.1) is 0 Å². The van der Waals surface area contributed by atoms with Gasteiger partial charge in [-0.05, 0) is 37.3 Å². The largest absolute Gasteiger partial charge is 0.507 e. The van der Waals surface area contributed by atoms with Crippen LogP contribution in [-0.2, 0) is 6.42 Å². The van der Waals surface area contributed by atoms with E-state index in [1.165, 1.54) is 6.07 Å². The first-order chi connectivity index (χ1) is 12.0. The Morgan fingerprint density at radius 1 is 1.36 bits per heavy atom. The van der Waals surface area contributed by atoms with E-state index < -0.39 is 13.1 Å². The number of carboxylic acid groups (broad SMARTS) is 1. The molecule has 2 heterocycles. The number of ether oxygens (including phenoxy) is 1. The van der Waals surface area contributed by atoms with Crippen molar-refractivity contribution in [3.63, 3.8) is 0 Å². The van der Waals surface area contributed by atoms with Crippen LogP contribution in [-0.4, -0.2) is 76.6 Å². The molecule has 0 bridgehead atoms. The van der Waals surface area contributed by atoms with Gasteiger partial charge in [-0.15, -0.1) is 0 Å². The van der Waals surface area contributed by atoms with E-state index in [0.29, 0.717) is 11.6 Å². The summed E-state index contributed by atoms with van der Waals surface area (Å²) in [6, 6.07) is 3.61. The van der Waals surface area contributed by atoms with Gasteiger partial charge >= 0.3 is 13.1 Å². The second-order valence-electron chi connectivity index (χ2n) is 6.61. The van der Waals surface area contributed by atoms with Crippen molar-refractivity contribution in [2.75, 3.05) is 26.2 Å². The van der Waals surface area contributed by atoms with Crippen LogP contribution in [0.4, 0.5) is 0 Å². The Kier molecular flexibility index (Phi) is 5.48. The summed E-state index contributed by atoms with van der Waals surface area (Å²) in [6.45, 7) is 3.47. The zero-order valence-electron chi connectivity index (χ0n) is 13.9. The van der Waals surface area contributed by atoms with Crippen molar-refractivity contribution < 1.29 is 29.8 Å². The molecule has 1 aromatic rings. The minimum absolute atomic E-state index is 0.0137. The summed E-state index contributed by atoms with van der Waals surface area (Å²) in [6.07, 6.45) is 1.19. The molecule has 1 atom stereocenters. The molecule has 2 aliphatic heterocycles. The standard InChI is InChI=1S/C16H23BN2O6/c20-15-10(3-5-17(23)24)1-2-13(14(15)16(21)22)25-12-8-19(9-12)11-4-6-18-7-11/h1-2,11-12,18,20,23-24H,3-9H2,(H,21,22)/t11-/m1/s1. The number of rotatable bonds is 7. The van der Waals surface area contributed by atoms with Crippen molar-refractivity contribution in [1.29, 1.82) is 0 Å². The molecule has 0 amide bonds. The summed E-state index contributed by atoms with van der Waals surface area (Å²) in [5, 5.41) is 40.8. The number of phenols is 1. The third kappa shape index (κ3) is 4.06. The highest BCUT2D eigenvalue weighted by atomic mass is 16.5. The molecular weight excluding hydrogens is 327 g/mol. The van der Waals surface area contributed by atoms with Crippen molar-refractivity contribution in [2.24, 2.45) is 0 Å². The Balaban J connectivity index is 1.66. The van der Waals surface area contributed by atoms with Crippen LogP contribution in [0.15, 0.2) is 12.1 Å². The number of hydrogen-bond donors (Lipinski definition) is 5. The van der Waals surface area contributed by atoms with Crippen LogP contribution in [0.25, 0.3) is 0 Å². The smallest absolute Gasteiger partial charge is 0.451 e. The molecule has 8 nitrogen and oxygen atoms in total. The predicted octanol–water partition coefficient (Wildman–Crippen LogP) is -0.469. The zero-order chi connectivity index (χ0) is 18.0. The fraction of sp³-hybridized carbons (Fsp3) is 0.562. The molecule has 1 aromatic carbocycles. The first-order valence-corrected chi connectivity index (χ1v) is 8.51. The Labute approximate surface area is 146 Å². The fourth-order valence-corrected chi connectivity index (χ4v) is 3.38.